The van der Waals surface area contributed by atoms with Crippen molar-refractivity contribution in [2.24, 2.45) is 0 Å². The van der Waals surface area contributed by atoms with Crippen molar-refractivity contribution in [2.75, 3.05) is 17.1 Å². The SMILES string of the molecule is CC[C@@H](C)NC(=O)[C@H](CC)N(Cc1ccc(Cl)cc1Cl)C(=O)CN(c1ccccc1Br)S(C)(=O)=O. The first-order valence-electron chi connectivity index (χ1n) is 11.1. The normalized spacial score (nSPS) is 13.1. The molecule has 11 heteroatoms. The van der Waals surface area contributed by atoms with Crippen molar-refractivity contribution in [1.29, 1.82) is 0 Å². The van der Waals surface area contributed by atoms with Gasteiger partial charge in [0.2, 0.25) is 21.8 Å². The number of para-hydroxylation sites is 1. The minimum Gasteiger partial charge on any atom is -0.352 e. The molecule has 2 aromatic rings. The van der Waals surface area contributed by atoms with Crippen molar-refractivity contribution in [3.8, 4) is 0 Å². The Morgan fingerprint density at radius 1 is 1.09 bits per heavy atom. The van der Waals surface area contributed by atoms with Crippen molar-refractivity contribution in [1.82, 2.24) is 10.2 Å². The lowest BCUT2D eigenvalue weighted by Crippen LogP contribution is -2.53. The number of carbonyl (C=O) groups excluding carboxylic acids is 2. The van der Waals surface area contributed by atoms with E-state index in [1.807, 2.05) is 13.8 Å². The minimum absolute atomic E-state index is 0.00876. The number of halogens is 3. The van der Waals surface area contributed by atoms with E-state index in [1.54, 1.807) is 49.4 Å². The van der Waals surface area contributed by atoms with Crippen LogP contribution < -0.4 is 9.62 Å². The second-order valence-electron chi connectivity index (χ2n) is 8.22. The molecular formula is C24H30BrCl2N3O4S. The van der Waals surface area contributed by atoms with Gasteiger partial charge in [-0.3, -0.25) is 13.9 Å². The Bertz CT molecular complexity index is 1160. The van der Waals surface area contributed by atoms with Crippen molar-refractivity contribution >= 4 is 66.7 Å². The molecule has 0 spiro atoms. The van der Waals surface area contributed by atoms with Crippen LogP contribution in [0.15, 0.2) is 46.9 Å². The summed E-state index contributed by atoms with van der Waals surface area (Å²) < 4.78 is 26.9. The van der Waals surface area contributed by atoms with Gasteiger partial charge in [0, 0.05) is 27.1 Å². The Morgan fingerprint density at radius 2 is 1.74 bits per heavy atom. The lowest BCUT2D eigenvalue weighted by molar-refractivity contribution is -0.140. The molecule has 0 heterocycles. The quantitative estimate of drug-likeness (QED) is 0.379. The van der Waals surface area contributed by atoms with Gasteiger partial charge < -0.3 is 10.2 Å². The molecule has 0 fully saturated rings. The molecule has 2 rings (SSSR count). The lowest BCUT2D eigenvalue weighted by atomic mass is 10.1. The standard InChI is InChI=1S/C24H30BrCl2N3O4S/c1-5-16(3)28-24(32)21(6-2)29(14-17-11-12-18(26)13-20(17)27)23(31)15-30(35(4,33)34)22-10-8-7-9-19(22)25/h7-13,16,21H,5-6,14-15H2,1-4H3,(H,28,32)/t16-,21+/m1/s1. The lowest BCUT2D eigenvalue weighted by Gasteiger charge is -2.33. The first-order valence-corrected chi connectivity index (χ1v) is 14.5. The molecule has 0 aliphatic heterocycles. The van der Waals surface area contributed by atoms with E-state index in [9.17, 15) is 18.0 Å². The van der Waals surface area contributed by atoms with Crippen LogP contribution in [0, 0.1) is 0 Å². The highest BCUT2D eigenvalue weighted by Gasteiger charge is 2.32. The predicted molar refractivity (Wildman–Crippen MR) is 145 cm³/mol. The van der Waals surface area contributed by atoms with Gasteiger partial charge in [-0.15, -0.1) is 0 Å². The van der Waals surface area contributed by atoms with Crippen LogP contribution in [0.2, 0.25) is 10.0 Å². The van der Waals surface area contributed by atoms with E-state index >= 15 is 0 Å². The summed E-state index contributed by atoms with van der Waals surface area (Å²) in [5.74, 6) is -0.851. The van der Waals surface area contributed by atoms with Crippen LogP contribution in [0.25, 0.3) is 0 Å². The molecule has 2 atom stereocenters. The van der Waals surface area contributed by atoms with Gasteiger partial charge in [-0.05, 0) is 65.5 Å². The molecule has 7 nitrogen and oxygen atoms in total. The third-order valence-electron chi connectivity index (χ3n) is 5.54. The first kappa shape index (κ1) is 29.4. The molecule has 0 saturated carbocycles. The fourth-order valence-electron chi connectivity index (χ4n) is 3.44. The van der Waals surface area contributed by atoms with Crippen LogP contribution in [0.5, 0.6) is 0 Å². The Balaban J connectivity index is 2.49. The fraction of sp³-hybridized carbons (Fsp3) is 0.417. The largest absolute Gasteiger partial charge is 0.352 e. The Hall–Kier alpha value is -1.81. The summed E-state index contributed by atoms with van der Waals surface area (Å²) in [6, 6.07) is 10.7. The van der Waals surface area contributed by atoms with Gasteiger partial charge in [-0.2, -0.15) is 0 Å². The van der Waals surface area contributed by atoms with Crippen LogP contribution in [0.3, 0.4) is 0 Å². The molecule has 0 bridgehead atoms. The molecule has 2 amide bonds. The van der Waals surface area contributed by atoms with Crippen LogP contribution in [-0.4, -0.2) is 50.0 Å². The molecule has 0 aromatic heterocycles. The average molecular weight is 607 g/mol. The van der Waals surface area contributed by atoms with Gasteiger partial charge in [0.25, 0.3) is 0 Å². The fourth-order valence-corrected chi connectivity index (χ4v) is 5.39. The van der Waals surface area contributed by atoms with Crippen LogP contribution >= 0.6 is 39.1 Å². The molecule has 0 aliphatic carbocycles. The minimum atomic E-state index is -3.82. The number of hydrogen-bond donors (Lipinski definition) is 1. The summed E-state index contributed by atoms with van der Waals surface area (Å²) in [7, 11) is -3.82. The first-order chi connectivity index (χ1) is 16.4. The van der Waals surface area contributed by atoms with Crippen molar-refractivity contribution < 1.29 is 18.0 Å². The van der Waals surface area contributed by atoms with Gasteiger partial charge in [-0.1, -0.05) is 55.2 Å². The van der Waals surface area contributed by atoms with Gasteiger partial charge in [0.05, 0.1) is 11.9 Å². The third kappa shape index (κ3) is 8.10. The summed E-state index contributed by atoms with van der Waals surface area (Å²) >= 11 is 15.8. The van der Waals surface area contributed by atoms with Gasteiger partial charge >= 0.3 is 0 Å². The van der Waals surface area contributed by atoms with E-state index in [0.717, 1.165) is 17.0 Å². The number of anilines is 1. The zero-order valence-corrected chi connectivity index (χ0v) is 24.0. The van der Waals surface area contributed by atoms with Crippen molar-refractivity contribution in [3.05, 3.63) is 62.5 Å². The van der Waals surface area contributed by atoms with Crippen LogP contribution in [0.4, 0.5) is 5.69 Å². The number of amides is 2. The predicted octanol–water partition coefficient (Wildman–Crippen LogP) is 5.24. The summed E-state index contributed by atoms with van der Waals surface area (Å²) in [5, 5.41) is 3.71. The van der Waals surface area contributed by atoms with E-state index in [-0.39, 0.29) is 18.5 Å². The molecule has 0 radical (unpaired) electrons. The maximum absolute atomic E-state index is 13.7. The van der Waals surface area contributed by atoms with E-state index in [1.165, 1.54) is 4.90 Å². The van der Waals surface area contributed by atoms with E-state index < -0.39 is 28.5 Å². The number of nitrogens with zero attached hydrogens (tertiary/aromatic N) is 2. The highest BCUT2D eigenvalue weighted by molar-refractivity contribution is 9.10. The molecule has 2 aromatic carbocycles. The molecule has 192 valence electrons. The number of carbonyl (C=O) groups is 2. The van der Waals surface area contributed by atoms with Gasteiger partial charge in [0.1, 0.15) is 12.6 Å². The monoisotopic (exact) mass is 605 g/mol. The van der Waals surface area contributed by atoms with Crippen LogP contribution in [-0.2, 0) is 26.2 Å². The molecule has 0 unspecified atom stereocenters. The second kappa shape index (κ2) is 12.9. The third-order valence-corrected chi connectivity index (χ3v) is 7.93. The molecule has 1 N–H and O–H groups in total. The van der Waals surface area contributed by atoms with E-state index in [4.69, 9.17) is 23.2 Å². The summed E-state index contributed by atoms with van der Waals surface area (Å²) in [6.45, 7) is 5.15. The number of hydrogen-bond acceptors (Lipinski definition) is 4. The zero-order valence-electron chi connectivity index (χ0n) is 20.1. The Labute approximate surface area is 225 Å². The maximum Gasteiger partial charge on any atom is 0.244 e. The number of nitrogens with one attached hydrogen (secondary N) is 1. The van der Waals surface area contributed by atoms with E-state index in [0.29, 0.717) is 32.2 Å². The highest BCUT2D eigenvalue weighted by atomic mass is 79.9. The zero-order chi connectivity index (χ0) is 26.3. The van der Waals surface area contributed by atoms with Crippen molar-refractivity contribution in [3.63, 3.8) is 0 Å². The van der Waals surface area contributed by atoms with Crippen LogP contribution in [0.1, 0.15) is 39.2 Å². The molecular weight excluding hydrogens is 577 g/mol. The second-order valence-corrected chi connectivity index (χ2v) is 11.8. The van der Waals surface area contributed by atoms with Gasteiger partial charge in [-0.25, -0.2) is 8.42 Å². The van der Waals surface area contributed by atoms with E-state index in [2.05, 4.69) is 21.2 Å². The summed E-state index contributed by atoms with van der Waals surface area (Å²) in [5.41, 5.74) is 0.913. The summed E-state index contributed by atoms with van der Waals surface area (Å²) in [6.07, 6.45) is 2.09. The molecule has 35 heavy (non-hydrogen) atoms. The number of rotatable bonds is 11. The smallest absolute Gasteiger partial charge is 0.244 e. The Kier molecular flexibility index (Phi) is 10.9. The number of sulfonamides is 1. The van der Waals surface area contributed by atoms with Crippen molar-refractivity contribution in [2.45, 2.75) is 52.2 Å². The average Bonchev–Trinajstić information content (AvgIpc) is 2.78. The molecule has 0 aliphatic rings. The topological polar surface area (TPSA) is 86.8 Å². The summed E-state index contributed by atoms with van der Waals surface area (Å²) in [4.78, 5) is 28.2. The highest BCUT2D eigenvalue weighted by Crippen LogP contribution is 2.29. The number of benzene rings is 2. The van der Waals surface area contributed by atoms with Gasteiger partial charge in [0.15, 0.2) is 0 Å². The Morgan fingerprint density at radius 3 is 2.29 bits per heavy atom. The molecule has 0 saturated heterocycles. The maximum atomic E-state index is 13.7.